The summed E-state index contributed by atoms with van der Waals surface area (Å²) in [5.41, 5.74) is 1.76. The van der Waals surface area contributed by atoms with Crippen molar-refractivity contribution in [1.82, 2.24) is 15.0 Å². The average molecular weight is 321 g/mol. The Bertz CT molecular complexity index is 780. The molecule has 24 heavy (non-hydrogen) atoms. The number of nitrogens with zero attached hydrogens (tertiary/aromatic N) is 3. The highest BCUT2D eigenvalue weighted by Crippen LogP contribution is 2.20. The molecule has 0 fully saturated rings. The van der Waals surface area contributed by atoms with E-state index in [2.05, 4.69) is 25.6 Å². The largest absolute Gasteiger partial charge is 0.374 e. The second-order valence-electron chi connectivity index (χ2n) is 5.23. The van der Waals surface area contributed by atoms with Crippen LogP contribution in [0.2, 0.25) is 0 Å². The van der Waals surface area contributed by atoms with E-state index in [0.29, 0.717) is 24.1 Å². The number of nitrogens with one attached hydrogen (secondary N) is 2. The van der Waals surface area contributed by atoms with Crippen LogP contribution in [0.1, 0.15) is 13.3 Å². The van der Waals surface area contributed by atoms with Crippen molar-refractivity contribution in [3.05, 3.63) is 60.7 Å². The summed E-state index contributed by atoms with van der Waals surface area (Å²) in [5, 5.41) is 15.9. The third-order valence-corrected chi connectivity index (χ3v) is 3.38. The van der Waals surface area contributed by atoms with Crippen molar-refractivity contribution in [2.24, 2.45) is 0 Å². The monoisotopic (exact) mass is 321 g/mol. The van der Waals surface area contributed by atoms with Crippen LogP contribution in [0.3, 0.4) is 0 Å². The molecule has 0 aliphatic heterocycles. The normalized spacial score (nSPS) is 11.8. The smallest absolute Gasteiger partial charge is 0.232 e. The van der Waals surface area contributed by atoms with Gasteiger partial charge in [-0.05, 0) is 18.6 Å². The van der Waals surface area contributed by atoms with Gasteiger partial charge in [-0.2, -0.15) is 15.0 Å². The molecule has 0 aliphatic rings. The van der Waals surface area contributed by atoms with Gasteiger partial charge in [0.15, 0.2) is 5.82 Å². The molecule has 1 atom stereocenters. The predicted molar refractivity (Wildman–Crippen MR) is 94.9 cm³/mol. The minimum atomic E-state index is -0.708. The highest BCUT2D eigenvalue weighted by molar-refractivity contribution is 5.60. The fourth-order valence-electron chi connectivity index (χ4n) is 2.11. The number of rotatable bonds is 6. The Hall–Kier alpha value is -2.99. The number of para-hydroxylation sites is 1. The van der Waals surface area contributed by atoms with E-state index in [1.54, 1.807) is 0 Å². The zero-order chi connectivity index (χ0) is 16.8. The molecule has 0 aliphatic carbocycles. The lowest BCUT2D eigenvalue weighted by molar-refractivity contribution is 0.198. The van der Waals surface area contributed by atoms with Gasteiger partial charge in [0.25, 0.3) is 0 Å². The summed E-state index contributed by atoms with van der Waals surface area (Å²) in [4.78, 5) is 13.2. The molecule has 3 rings (SSSR count). The van der Waals surface area contributed by atoms with Gasteiger partial charge in [-0.15, -0.1) is 0 Å². The summed E-state index contributed by atoms with van der Waals surface area (Å²) in [7, 11) is 0. The maximum Gasteiger partial charge on any atom is 0.232 e. The summed E-state index contributed by atoms with van der Waals surface area (Å²) >= 11 is 0. The average Bonchev–Trinajstić information content (AvgIpc) is 2.63. The first-order valence-electron chi connectivity index (χ1n) is 7.83. The van der Waals surface area contributed by atoms with Crippen molar-refractivity contribution in [2.45, 2.75) is 19.6 Å². The third-order valence-electron chi connectivity index (χ3n) is 3.38. The van der Waals surface area contributed by atoms with Gasteiger partial charge >= 0.3 is 0 Å². The number of benzene rings is 2. The SMILES string of the molecule is CCC(O)Nc1nc(Nc2ccccc2)nc(-c2ccccc2)n1. The fourth-order valence-corrected chi connectivity index (χ4v) is 2.11. The summed E-state index contributed by atoms with van der Waals surface area (Å²) in [6.07, 6.45) is -0.158. The van der Waals surface area contributed by atoms with Crippen LogP contribution in [0.5, 0.6) is 0 Å². The molecule has 6 nitrogen and oxygen atoms in total. The third kappa shape index (κ3) is 4.05. The van der Waals surface area contributed by atoms with Crippen molar-refractivity contribution in [3.63, 3.8) is 0 Å². The molecule has 6 heteroatoms. The number of aromatic nitrogens is 3. The van der Waals surface area contributed by atoms with Gasteiger partial charge in [-0.3, -0.25) is 0 Å². The van der Waals surface area contributed by atoms with Crippen LogP contribution >= 0.6 is 0 Å². The summed E-state index contributed by atoms with van der Waals surface area (Å²) in [5.74, 6) is 1.28. The molecule has 1 heterocycles. The number of hydrogen-bond donors (Lipinski definition) is 3. The molecule has 0 spiro atoms. The van der Waals surface area contributed by atoms with Crippen LogP contribution in [0.4, 0.5) is 17.6 Å². The van der Waals surface area contributed by atoms with E-state index in [-0.39, 0.29) is 0 Å². The maximum atomic E-state index is 9.82. The van der Waals surface area contributed by atoms with Crippen LogP contribution in [-0.2, 0) is 0 Å². The van der Waals surface area contributed by atoms with Gasteiger partial charge in [0.2, 0.25) is 11.9 Å². The molecule has 2 aromatic carbocycles. The molecule has 3 aromatic rings. The van der Waals surface area contributed by atoms with Crippen molar-refractivity contribution in [3.8, 4) is 11.4 Å². The van der Waals surface area contributed by atoms with Gasteiger partial charge in [0.05, 0.1) is 0 Å². The highest BCUT2D eigenvalue weighted by Gasteiger charge is 2.10. The van der Waals surface area contributed by atoms with Crippen LogP contribution in [0, 0.1) is 0 Å². The first-order valence-corrected chi connectivity index (χ1v) is 7.83. The van der Waals surface area contributed by atoms with Crippen molar-refractivity contribution >= 4 is 17.6 Å². The minimum absolute atomic E-state index is 0.330. The Balaban J connectivity index is 1.96. The van der Waals surface area contributed by atoms with Gasteiger partial charge in [0.1, 0.15) is 6.23 Å². The molecule has 0 saturated carbocycles. The van der Waals surface area contributed by atoms with Crippen LogP contribution < -0.4 is 10.6 Å². The van der Waals surface area contributed by atoms with E-state index in [1.165, 1.54) is 0 Å². The quantitative estimate of drug-likeness (QED) is 0.603. The first kappa shape index (κ1) is 15.9. The summed E-state index contributed by atoms with van der Waals surface area (Å²) in [6.45, 7) is 1.88. The topological polar surface area (TPSA) is 83.0 Å². The van der Waals surface area contributed by atoms with E-state index in [0.717, 1.165) is 11.3 Å². The Kier molecular flexibility index (Phi) is 4.98. The van der Waals surface area contributed by atoms with E-state index in [4.69, 9.17) is 0 Å². The lowest BCUT2D eigenvalue weighted by atomic mass is 10.2. The van der Waals surface area contributed by atoms with Crippen LogP contribution in [-0.4, -0.2) is 26.3 Å². The number of aliphatic hydroxyl groups excluding tert-OH is 1. The fraction of sp³-hybridized carbons (Fsp3) is 0.167. The Labute approximate surface area is 140 Å². The zero-order valence-electron chi connectivity index (χ0n) is 13.3. The molecule has 122 valence electrons. The first-order chi connectivity index (χ1) is 11.7. The van der Waals surface area contributed by atoms with E-state index in [9.17, 15) is 5.11 Å². The minimum Gasteiger partial charge on any atom is -0.374 e. The molecule has 1 aromatic heterocycles. The number of anilines is 3. The van der Waals surface area contributed by atoms with Gasteiger partial charge in [-0.1, -0.05) is 55.5 Å². The Morgan fingerprint density at radius 2 is 1.50 bits per heavy atom. The molecule has 0 amide bonds. The molecule has 0 radical (unpaired) electrons. The Morgan fingerprint density at radius 1 is 0.875 bits per heavy atom. The lowest BCUT2D eigenvalue weighted by Crippen LogP contribution is -2.19. The number of aliphatic hydroxyl groups is 1. The van der Waals surface area contributed by atoms with E-state index < -0.39 is 6.23 Å². The highest BCUT2D eigenvalue weighted by atomic mass is 16.3. The number of hydrogen-bond acceptors (Lipinski definition) is 6. The van der Waals surface area contributed by atoms with Crippen molar-refractivity contribution in [2.75, 3.05) is 10.6 Å². The van der Waals surface area contributed by atoms with Crippen LogP contribution in [0.25, 0.3) is 11.4 Å². The van der Waals surface area contributed by atoms with Gasteiger partial charge in [0, 0.05) is 11.3 Å². The van der Waals surface area contributed by atoms with Crippen molar-refractivity contribution < 1.29 is 5.11 Å². The van der Waals surface area contributed by atoms with E-state index in [1.807, 2.05) is 67.6 Å². The molecule has 0 bridgehead atoms. The summed E-state index contributed by atoms with van der Waals surface area (Å²) in [6, 6.07) is 19.3. The molecule has 0 saturated heterocycles. The summed E-state index contributed by atoms with van der Waals surface area (Å²) < 4.78 is 0. The van der Waals surface area contributed by atoms with E-state index >= 15 is 0 Å². The lowest BCUT2D eigenvalue weighted by Gasteiger charge is -2.13. The standard InChI is InChI=1S/C18H19N5O/c1-2-15(24)20-18-22-16(13-9-5-3-6-10-13)21-17(23-18)19-14-11-7-4-8-12-14/h3-12,15,24H,2H2,1H3,(H2,19,20,21,22,23). The maximum absolute atomic E-state index is 9.82. The Morgan fingerprint density at radius 3 is 2.17 bits per heavy atom. The second-order valence-corrected chi connectivity index (χ2v) is 5.23. The van der Waals surface area contributed by atoms with Gasteiger partial charge in [-0.25, -0.2) is 0 Å². The van der Waals surface area contributed by atoms with Crippen LogP contribution in [0.15, 0.2) is 60.7 Å². The second kappa shape index (κ2) is 7.52. The zero-order valence-corrected chi connectivity index (χ0v) is 13.3. The van der Waals surface area contributed by atoms with Crippen molar-refractivity contribution in [1.29, 1.82) is 0 Å². The molecular formula is C18H19N5O. The molecule has 3 N–H and O–H groups in total. The predicted octanol–water partition coefficient (Wildman–Crippen LogP) is 3.42. The molecular weight excluding hydrogens is 302 g/mol. The molecule has 1 unspecified atom stereocenters. The van der Waals surface area contributed by atoms with Gasteiger partial charge < -0.3 is 15.7 Å².